The summed E-state index contributed by atoms with van der Waals surface area (Å²) in [6, 6.07) is 7.69. The number of benzene rings is 2. The molecule has 4 atom stereocenters. The van der Waals surface area contributed by atoms with Crippen molar-refractivity contribution in [3.05, 3.63) is 47.5 Å². The number of ether oxygens (including phenoxy) is 12. The van der Waals surface area contributed by atoms with Crippen LogP contribution in [-0.4, -0.2) is 88.1 Å². The van der Waals surface area contributed by atoms with Crippen LogP contribution in [0, 0.1) is 0 Å². The van der Waals surface area contributed by atoms with Crippen LogP contribution in [0.3, 0.4) is 0 Å². The van der Waals surface area contributed by atoms with Crippen LogP contribution in [0.5, 0.6) is 23.0 Å². The third-order valence-electron chi connectivity index (χ3n) is 7.62. The molecule has 2 rings (SSSR count). The number of hydrogen-bond acceptors (Lipinski definition) is 20. The summed E-state index contributed by atoms with van der Waals surface area (Å²) in [6.45, 7) is 10.8. The van der Waals surface area contributed by atoms with Crippen LogP contribution in [0.4, 0.5) is 19.2 Å². The third-order valence-corrected chi connectivity index (χ3v) is 7.62. The van der Waals surface area contributed by atoms with Gasteiger partial charge in [-0.05, 0) is 77.6 Å². The molecule has 2 aromatic carbocycles. The molecule has 0 heterocycles. The van der Waals surface area contributed by atoms with Gasteiger partial charge >= 0.3 is 36.6 Å². The number of carbonyl (C=O) groups is 6. The Morgan fingerprint density at radius 3 is 0.983 bits per heavy atom. The Kier molecular flexibility index (Phi) is 21.2. The van der Waals surface area contributed by atoms with Crippen molar-refractivity contribution in [3.63, 3.8) is 0 Å². The Morgan fingerprint density at radius 2 is 0.707 bits per heavy atom. The monoisotopic (exact) mass is 826 g/mol. The lowest BCUT2D eigenvalue weighted by Crippen LogP contribution is -2.20. The van der Waals surface area contributed by atoms with E-state index in [4.69, 9.17) is 66.6 Å². The second-order valence-corrected chi connectivity index (χ2v) is 12.0. The minimum atomic E-state index is -1.31. The van der Waals surface area contributed by atoms with Crippen molar-refractivity contribution in [2.75, 3.05) is 27.2 Å². The van der Waals surface area contributed by atoms with Crippen molar-refractivity contribution in [2.45, 2.75) is 105 Å². The lowest BCUT2D eigenvalue weighted by Gasteiger charge is -2.17. The van der Waals surface area contributed by atoms with Crippen LogP contribution < -0.4 is 18.9 Å². The number of rotatable bonds is 22. The molecule has 4 unspecified atom stereocenters. The van der Waals surface area contributed by atoms with Gasteiger partial charge in [0.15, 0.2) is 23.0 Å². The largest absolute Gasteiger partial charge is 0.511 e. The van der Waals surface area contributed by atoms with Gasteiger partial charge < -0.3 is 56.8 Å². The van der Waals surface area contributed by atoms with Crippen molar-refractivity contribution < 1.29 is 95.4 Å². The van der Waals surface area contributed by atoms with Gasteiger partial charge in [0.1, 0.15) is 35.5 Å². The zero-order valence-electron chi connectivity index (χ0n) is 33.6. The molecular formula is C38H50O20. The topological polar surface area (TPSA) is 232 Å². The molecule has 0 saturated heterocycles. The summed E-state index contributed by atoms with van der Waals surface area (Å²) < 4.78 is 61.9. The van der Waals surface area contributed by atoms with E-state index in [2.05, 4.69) is 0 Å². The van der Waals surface area contributed by atoms with Crippen molar-refractivity contribution in [3.8, 4) is 23.0 Å². The summed E-state index contributed by atoms with van der Waals surface area (Å²) in [4.78, 5) is 84.4. The van der Waals surface area contributed by atoms with E-state index in [0.29, 0.717) is 25.7 Å². The highest BCUT2D eigenvalue weighted by Crippen LogP contribution is 2.34. The Bertz CT molecular complexity index is 1520. The fourth-order valence-corrected chi connectivity index (χ4v) is 3.73. The van der Waals surface area contributed by atoms with Gasteiger partial charge in [-0.25, -0.2) is 38.5 Å². The first-order valence-corrected chi connectivity index (χ1v) is 18.3. The predicted octanol–water partition coefficient (Wildman–Crippen LogP) is 7.77. The summed E-state index contributed by atoms with van der Waals surface area (Å²) in [5.74, 6) is -3.78. The average Bonchev–Trinajstić information content (AvgIpc) is 3.20. The summed E-state index contributed by atoms with van der Waals surface area (Å²) in [7, 11) is 0. The normalized spacial score (nSPS) is 12.5. The minimum absolute atomic E-state index is 0.196. The molecule has 0 N–H and O–H groups in total. The number of hydrogen-bond donors (Lipinski definition) is 0. The maximum Gasteiger partial charge on any atom is 0.511 e. The van der Waals surface area contributed by atoms with Crippen LogP contribution in [-0.2, 0) is 47.7 Å². The van der Waals surface area contributed by atoms with E-state index in [1.54, 1.807) is 55.4 Å². The lowest BCUT2D eigenvalue weighted by molar-refractivity contribution is -0.187. The first-order chi connectivity index (χ1) is 27.7. The molecule has 0 radical (unpaired) electrons. The Morgan fingerprint density at radius 1 is 0.431 bits per heavy atom. The first-order valence-electron chi connectivity index (χ1n) is 18.3. The fourth-order valence-electron chi connectivity index (χ4n) is 3.73. The lowest BCUT2D eigenvalue weighted by atomic mass is 10.2. The van der Waals surface area contributed by atoms with E-state index in [9.17, 15) is 28.8 Å². The summed E-state index contributed by atoms with van der Waals surface area (Å²) in [5, 5.41) is 0. The van der Waals surface area contributed by atoms with E-state index < -0.39 is 99.3 Å². The molecule has 2 aromatic rings. The van der Waals surface area contributed by atoms with E-state index in [-0.39, 0.29) is 23.0 Å². The molecule has 0 spiro atoms. The molecule has 0 fully saturated rings. The Labute approximate surface area is 334 Å². The molecule has 0 aliphatic carbocycles. The highest BCUT2D eigenvalue weighted by atomic mass is 17.2. The SMILES string of the molecule is CCC(C)OC(=O)OCOc1cccc(C(=O)OOC(=O)c2cccc(OCOC(=O)OC(C)CC)c2OCOC(=O)OC(C)CC)c1OCOC(=O)OC(C)CC. The van der Waals surface area contributed by atoms with Gasteiger partial charge in [0.2, 0.25) is 27.2 Å². The highest BCUT2D eigenvalue weighted by molar-refractivity contribution is 5.96. The molecule has 0 aliphatic rings. The third kappa shape index (κ3) is 17.2. The van der Waals surface area contributed by atoms with Crippen LogP contribution in [0.15, 0.2) is 36.4 Å². The molecule has 0 aromatic heterocycles. The number of carbonyl (C=O) groups excluding carboxylic acids is 6. The minimum Gasteiger partial charge on any atom is -0.453 e. The molecule has 20 nitrogen and oxygen atoms in total. The summed E-state index contributed by atoms with van der Waals surface area (Å²) >= 11 is 0. The van der Waals surface area contributed by atoms with E-state index in [1.165, 1.54) is 36.4 Å². The van der Waals surface area contributed by atoms with Gasteiger partial charge in [-0.2, -0.15) is 0 Å². The molecule has 0 saturated carbocycles. The van der Waals surface area contributed by atoms with Crippen molar-refractivity contribution in [1.82, 2.24) is 0 Å². The standard InChI is InChI=1S/C38H50O20/c1-9-23(5)53-35(41)49-19-45-29-17-13-15-27(31(29)47-21-51-37(43)55-25(7)11-3)33(39)57-58-34(40)28-16-14-18-30(46-20-50-36(42)54-24(6)10-2)32(28)48-22-52-38(44)56-26(8)12-4/h13-18,23-26H,9-12,19-22H2,1-8H3. The predicted molar refractivity (Wildman–Crippen MR) is 195 cm³/mol. The zero-order valence-corrected chi connectivity index (χ0v) is 33.6. The quantitative estimate of drug-likeness (QED) is 0.0362. The van der Waals surface area contributed by atoms with Gasteiger partial charge in [-0.15, -0.1) is 0 Å². The maximum atomic E-state index is 13.3. The van der Waals surface area contributed by atoms with Gasteiger partial charge in [-0.1, -0.05) is 39.8 Å². The summed E-state index contributed by atoms with van der Waals surface area (Å²) in [6.07, 6.45) is -3.88. The van der Waals surface area contributed by atoms with Gasteiger partial charge in [0, 0.05) is 0 Å². The van der Waals surface area contributed by atoms with E-state index in [1.807, 2.05) is 0 Å². The van der Waals surface area contributed by atoms with Gasteiger partial charge in [0.05, 0.1) is 0 Å². The first kappa shape index (κ1) is 47.8. The second kappa shape index (κ2) is 25.7. The molecule has 0 amide bonds. The Balaban J connectivity index is 2.29. The van der Waals surface area contributed by atoms with E-state index in [0.717, 1.165) is 0 Å². The van der Waals surface area contributed by atoms with Crippen LogP contribution in [0.2, 0.25) is 0 Å². The molecule has 20 heteroatoms. The van der Waals surface area contributed by atoms with Gasteiger partial charge in [-0.3, -0.25) is 0 Å². The van der Waals surface area contributed by atoms with Crippen LogP contribution in [0.25, 0.3) is 0 Å². The molecule has 0 bridgehead atoms. The van der Waals surface area contributed by atoms with Crippen molar-refractivity contribution in [2.24, 2.45) is 0 Å². The smallest absolute Gasteiger partial charge is 0.453 e. The van der Waals surface area contributed by atoms with Gasteiger partial charge in [0.25, 0.3) is 0 Å². The van der Waals surface area contributed by atoms with Crippen LogP contribution >= 0.6 is 0 Å². The molecule has 322 valence electrons. The number of para-hydroxylation sites is 2. The average molecular weight is 827 g/mol. The maximum absolute atomic E-state index is 13.3. The van der Waals surface area contributed by atoms with Crippen molar-refractivity contribution >= 4 is 36.6 Å². The van der Waals surface area contributed by atoms with Crippen LogP contribution in [0.1, 0.15) is 102 Å². The summed E-state index contributed by atoms with van der Waals surface area (Å²) in [5.41, 5.74) is -0.816. The molecule has 58 heavy (non-hydrogen) atoms. The Hall–Kier alpha value is -6.34. The van der Waals surface area contributed by atoms with E-state index >= 15 is 0 Å². The highest BCUT2D eigenvalue weighted by Gasteiger charge is 2.26. The molecule has 0 aliphatic heterocycles. The zero-order chi connectivity index (χ0) is 43.0. The molecular weight excluding hydrogens is 776 g/mol. The van der Waals surface area contributed by atoms with Crippen molar-refractivity contribution in [1.29, 1.82) is 0 Å². The second-order valence-electron chi connectivity index (χ2n) is 12.0. The fraction of sp³-hybridized carbons (Fsp3) is 0.526.